The molecule has 0 radical (unpaired) electrons. The molecule has 0 aliphatic carbocycles. The fraction of sp³-hybridized carbons (Fsp3) is 0.350. The number of nitrogens with one attached hydrogen (secondary N) is 1. The second-order valence-electron chi connectivity index (χ2n) is 6.24. The standard InChI is InChI=1S/C20H25ClN2O/c1-15(2)23(14-17-7-5-4-6-8-17)20(24)11-12-22-19-13-18(21)10-9-16(19)3/h4-10,13,15,22H,11-12,14H2,1-3H3. The fourth-order valence-electron chi connectivity index (χ4n) is 2.57. The van der Waals surface area contributed by atoms with Crippen LogP contribution in [0, 0.1) is 6.92 Å². The Hall–Kier alpha value is -2.00. The first kappa shape index (κ1) is 18.3. The van der Waals surface area contributed by atoms with Crippen molar-refractivity contribution in [3.05, 3.63) is 64.7 Å². The molecular formula is C20H25ClN2O. The average Bonchev–Trinajstić information content (AvgIpc) is 2.56. The minimum atomic E-state index is 0.154. The van der Waals surface area contributed by atoms with Crippen molar-refractivity contribution in [3.63, 3.8) is 0 Å². The van der Waals surface area contributed by atoms with E-state index in [9.17, 15) is 4.79 Å². The monoisotopic (exact) mass is 344 g/mol. The molecule has 4 heteroatoms. The Morgan fingerprint density at radius 2 is 1.88 bits per heavy atom. The van der Waals surface area contributed by atoms with Crippen LogP contribution in [-0.4, -0.2) is 23.4 Å². The molecule has 2 aromatic carbocycles. The highest BCUT2D eigenvalue weighted by atomic mass is 35.5. The van der Waals surface area contributed by atoms with Gasteiger partial charge in [-0.05, 0) is 44.0 Å². The summed E-state index contributed by atoms with van der Waals surface area (Å²) in [7, 11) is 0. The van der Waals surface area contributed by atoms with Gasteiger partial charge in [0.15, 0.2) is 0 Å². The smallest absolute Gasteiger partial charge is 0.224 e. The van der Waals surface area contributed by atoms with Gasteiger partial charge >= 0.3 is 0 Å². The van der Waals surface area contributed by atoms with Crippen molar-refractivity contribution in [2.45, 2.75) is 39.8 Å². The summed E-state index contributed by atoms with van der Waals surface area (Å²) in [6.45, 7) is 7.37. The van der Waals surface area contributed by atoms with E-state index in [1.54, 1.807) is 0 Å². The lowest BCUT2D eigenvalue weighted by atomic mass is 10.1. The van der Waals surface area contributed by atoms with Gasteiger partial charge in [0, 0.05) is 36.3 Å². The summed E-state index contributed by atoms with van der Waals surface area (Å²) in [5, 5.41) is 4.01. The second kappa shape index (κ2) is 8.74. The molecule has 0 unspecified atom stereocenters. The minimum Gasteiger partial charge on any atom is -0.384 e. The largest absolute Gasteiger partial charge is 0.384 e. The zero-order valence-corrected chi connectivity index (χ0v) is 15.3. The van der Waals surface area contributed by atoms with E-state index in [2.05, 4.69) is 31.3 Å². The number of anilines is 1. The molecule has 0 saturated heterocycles. The molecule has 3 nitrogen and oxygen atoms in total. The molecular weight excluding hydrogens is 320 g/mol. The van der Waals surface area contributed by atoms with Gasteiger partial charge in [-0.1, -0.05) is 48.0 Å². The van der Waals surface area contributed by atoms with E-state index in [0.717, 1.165) is 16.8 Å². The molecule has 2 rings (SSSR count). The molecule has 128 valence electrons. The third-order valence-electron chi connectivity index (χ3n) is 3.99. The Bertz CT molecular complexity index is 671. The summed E-state index contributed by atoms with van der Waals surface area (Å²) in [6, 6.07) is 16.0. The number of carbonyl (C=O) groups is 1. The lowest BCUT2D eigenvalue weighted by molar-refractivity contribution is -0.133. The lowest BCUT2D eigenvalue weighted by Gasteiger charge is -2.27. The molecule has 0 saturated carbocycles. The zero-order valence-electron chi connectivity index (χ0n) is 14.6. The summed E-state index contributed by atoms with van der Waals surface area (Å²) < 4.78 is 0. The van der Waals surface area contributed by atoms with Crippen LogP contribution in [0.15, 0.2) is 48.5 Å². The highest BCUT2D eigenvalue weighted by Crippen LogP contribution is 2.20. The fourth-order valence-corrected chi connectivity index (χ4v) is 2.74. The summed E-state index contributed by atoms with van der Waals surface area (Å²) in [5.41, 5.74) is 3.25. The van der Waals surface area contributed by atoms with E-state index in [4.69, 9.17) is 11.6 Å². The third kappa shape index (κ3) is 5.27. The van der Waals surface area contributed by atoms with E-state index in [0.29, 0.717) is 24.5 Å². The number of amides is 1. The normalized spacial score (nSPS) is 10.7. The summed E-state index contributed by atoms with van der Waals surface area (Å²) in [4.78, 5) is 14.5. The number of carbonyl (C=O) groups excluding carboxylic acids is 1. The Balaban J connectivity index is 1.92. The number of rotatable bonds is 7. The molecule has 2 aromatic rings. The SMILES string of the molecule is Cc1ccc(Cl)cc1NCCC(=O)N(Cc1ccccc1)C(C)C. The molecule has 0 bridgehead atoms. The van der Waals surface area contributed by atoms with Crippen molar-refractivity contribution in [2.24, 2.45) is 0 Å². The third-order valence-corrected chi connectivity index (χ3v) is 4.23. The van der Waals surface area contributed by atoms with Crippen LogP contribution >= 0.6 is 11.6 Å². The van der Waals surface area contributed by atoms with E-state index < -0.39 is 0 Å². The number of aryl methyl sites for hydroxylation is 1. The predicted octanol–water partition coefficient (Wildman–Crippen LogP) is 4.89. The van der Waals surface area contributed by atoms with E-state index in [-0.39, 0.29) is 11.9 Å². The van der Waals surface area contributed by atoms with E-state index >= 15 is 0 Å². The van der Waals surface area contributed by atoms with Gasteiger partial charge in [0.1, 0.15) is 0 Å². The molecule has 0 spiro atoms. The summed E-state index contributed by atoms with van der Waals surface area (Å²) in [6.07, 6.45) is 0.455. The van der Waals surface area contributed by atoms with Crippen LogP contribution < -0.4 is 5.32 Å². The Morgan fingerprint density at radius 1 is 1.17 bits per heavy atom. The number of halogens is 1. The minimum absolute atomic E-state index is 0.154. The van der Waals surface area contributed by atoms with Crippen LogP contribution in [0.3, 0.4) is 0 Å². The van der Waals surface area contributed by atoms with Crippen molar-refractivity contribution in [3.8, 4) is 0 Å². The molecule has 0 atom stereocenters. The summed E-state index contributed by atoms with van der Waals surface area (Å²) in [5.74, 6) is 0.154. The van der Waals surface area contributed by atoms with E-state index in [1.807, 2.05) is 48.2 Å². The van der Waals surface area contributed by atoms with Crippen LogP contribution in [-0.2, 0) is 11.3 Å². The van der Waals surface area contributed by atoms with Crippen molar-refractivity contribution < 1.29 is 4.79 Å². The number of hydrogen-bond donors (Lipinski definition) is 1. The van der Waals surface area contributed by atoms with Crippen LogP contribution in [0.2, 0.25) is 5.02 Å². The molecule has 0 aliphatic heterocycles. The van der Waals surface area contributed by atoms with Crippen LogP contribution in [0.5, 0.6) is 0 Å². The van der Waals surface area contributed by atoms with Crippen LogP contribution in [0.4, 0.5) is 5.69 Å². The Morgan fingerprint density at radius 3 is 2.54 bits per heavy atom. The van der Waals surface area contributed by atoms with Crippen molar-refractivity contribution >= 4 is 23.2 Å². The maximum atomic E-state index is 12.6. The molecule has 0 aromatic heterocycles. The maximum Gasteiger partial charge on any atom is 0.224 e. The number of nitrogens with zero attached hydrogens (tertiary/aromatic N) is 1. The van der Waals surface area contributed by atoms with E-state index in [1.165, 1.54) is 0 Å². The van der Waals surface area contributed by atoms with Gasteiger partial charge in [-0.2, -0.15) is 0 Å². The summed E-state index contributed by atoms with van der Waals surface area (Å²) >= 11 is 6.03. The number of benzene rings is 2. The Labute approximate surface area is 149 Å². The first-order valence-corrected chi connectivity index (χ1v) is 8.68. The topological polar surface area (TPSA) is 32.3 Å². The highest BCUT2D eigenvalue weighted by Gasteiger charge is 2.16. The van der Waals surface area contributed by atoms with Crippen molar-refractivity contribution in [1.29, 1.82) is 0 Å². The van der Waals surface area contributed by atoms with Gasteiger partial charge in [-0.3, -0.25) is 4.79 Å². The molecule has 0 heterocycles. The molecule has 1 amide bonds. The Kier molecular flexibility index (Phi) is 6.68. The molecule has 24 heavy (non-hydrogen) atoms. The molecule has 1 N–H and O–H groups in total. The van der Waals surface area contributed by atoms with Gasteiger partial charge in [-0.25, -0.2) is 0 Å². The van der Waals surface area contributed by atoms with Gasteiger partial charge in [0.25, 0.3) is 0 Å². The van der Waals surface area contributed by atoms with Gasteiger partial charge in [-0.15, -0.1) is 0 Å². The molecule has 0 fully saturated rings. The second-order valence-corrected chi connectivity index (χ2v) is 6.67. The quantitative estimate of drug-likeness (QED) is 0.775. The maximum absolute atomic E-state index is 12.6. The van der Waals surface area contributed by atoms with Crippen LogP contribution in [0.25, 0.3) is 0 Å². The van der Waals surface area contributed by atoms with Gasteiger partial charge < -0.3 is 10.2 Å². The van der Waals surface area contributed by atoms with Gasteiger partial charge in [0.2, 0.25) is 5.91 Å². The predicted molar refractivity (Wildman–Crippen MR) is 101 cm³/mol. The molecule has 0 aliphatic rings. The van der Waals surface area contributed by atoms with Gasteiger partial charge in [0.05, 0.1) is 0 Å². The average molecular weight is 345 g/mol. The lowest BCUT2D eigenvalue weighted by Crippen LogP contribution is -2.37. The van der Waals surface area contributed by atoms with Crippen molar-refractivity contribution in [1.82, 2.24) is 4.90 Å². The first-order chi connectivity index (χ1) is 11.5. The van der Waals surface area contributed by atoms with Crippen molar-refractivity contribution in [2.75, 3.05) is 11.9 Å². The number of hydrogen-bond acceptors (Lipinski definition) is 2. The highest BCUT2D eigenvalue weighted by molar-refractivity contribution is 6.30. The first-order valence-electron chi connectivity index (χ1n) is 8.31. The van der Waals surface area contributed by atoms with Crippen LogP contribution in [0.1, 0.15) is 31.4 Å². The zero-order chi connectivity index (χ0) is 17.5.